The van der Waals surface area contributed by atoms with E-state index in [9.17, 15) is 9.59 Å². The largest absolute Gasteiger partial charge is 0.309 e. The van der Waals surface area contributed by atoms with Crippen LogP contribution in [-0.2, 0) is 4.79 Å². The first-order valence-electron chi connectivity index (χ1n) is 4.96. The molecule has 0 unspecified atom stereocenters. The average Bonchev–Trinajstić information content (AvgIpc) is 2.55. The first-order chi connectivity index (χ1) is 7.99. The molecular weight excluding hydrogens is 242 g/mol. The third-order valence-corrected chi connectivity index (χ3v) is 2.47. The van der Waals surface area contributed by atoms with Crippen LogP contribution in [-0.4, -0.2) is 21.6 Å². The van der Waals surface area contributed by atoms with Crippen molar-refractivity contribution in [2.45, 2.75) is 13.8 Å². The highest BCUT2D eigenvalue weighted by molar-refractivity contribution is 6.31. The fourth-order valence-corrected chi connectivity index (χ4v) is 1.75. The van der Waals surface area contributed by atoms with Gasteiger partial charge in [0.1, 0.15) is 0 Å². The molecule has 0 aliphatic rings. The Labute approximate surface area is 102 Å². The Kier molecular flexibility index (Phi) is 2.85. The zero-order valence-corrected chi connectivity index (χ0v) is 10.1. The number of rotatable bonds is 1. The van der Waals surface area contributed by atoms with E-state index in [0.29, 0.717) is 21.7 Å². The molecule has 0 bridgehead atoms. The monoisotopic (exact) mass is 251 g/mol. The van der Waals surface area contributed by atoms with Gasteiger partial charge in [-0.25, -0.2) is 0 Å². The molecule has 2 rings (SSSR count). The smallest absolute Gasteiger partial charge is 0.244 e. The molecule has 0 saturated carbocycles. The predicted octanol–water partition coefficient (Wildman–Crippen LogP) is 2.31. The summed E-state index contributed by atoms with van der Waals surface area (Å²) in [4.78, 5) is 22.4. The molecule has 2 aromatic rings. The Hall–Kier alpha value is -1.88. The zero-order valence-electron chi connectivity index (χ0n) is 9.32. The Bertz CT molecular complexity index is 618. The van der Waals surface area contributed by atoms with Crippen LogP contribution in [0.4, 0.5) is 5.82 Å². The average molecular weight is 252 g/mol. The molecule has 0 aliphatic carbocycles. The lowest BCUT2D eigenvalue weighted by molar-refractivity contribution is -0.114. The molecule has 1 amide bonds. The van der Waals surface area contributed by atoms with Crippen LogP contribution in [0.25, 0.3) is 10.9 Å². The number of carbonyl (C=O) groups is 2. The summed E-state index contributed by atoms with van der Waals surface area (Å²) in [5.74, 6) is -0.122. The lowest BCUT2D eigenvalue weighted by atomic mass is 10.2. The van der Waals surface area contributed by atoms with Crippen LogP contribution in [0.5, 0.6) is 0 Å². The van der Waals surface area contributed by atoms with Crippen LogP contribution >= 0.6 is 11.6 Å². The third-order valence-electron chi connectivity index (χ3n) is 2.24. The van der Waals surface area contributed by atoms with Gasteiger partial charge in [0.05, 0.1) is 5.52 Å². The third kappa shape index (κ3) is 2.14. The number of hydrogen-bond donors (Lipinski definition) is 1. The molecule has 5 nitrogen and oxygen atoms in total. The highest BCUT2D eigenvalue weighted by Gasteiger charge is 2.14. The van der Waals surface area contributed by atoms with Crippen LogP contribution in [0, 0.1) is 0 Å². The lowest BCUT2D eigenvalue weighted by Crippen LogP contribution is -2.10. The minimum atomic E-state index is -0.242. The summed E-state index contributed by atoms with van der Waals surface area (Å²) >= 11 is 5.87. The quantitative estimate of drug-likeness (QED) is 0.846. The maximum absolute atomic E-state index is 11.4. The maximum atomic E-state index is 11.4. The number of amides is 1. The number of aromatic nitrogens is 2. The molecule has 0 fully saturated rings. The molecule has 1 aromatic heterocycles. The Morgan fingerprint density at radius 2 is 2.06 bits per heavy atom. The van der Waals surface area contributed by atoms with Gasteiger partial charge in [0.15, 0.2) is 5.82 Å². The van der Waals surface area contributed by atoms with E-state index in [2.05, 4.69) is 10.4 Å². The number of halogens is 1. The van der Waals surface area contributed by atoms with Gasteiger partial charge >= 0.3 is 0 Å². The van der Waals surface area contributed by atoms with Crippen molar-refractivity contribution in [1.29, 1.82) is 0 Å². The summed E-state index contributed by atoms with van der Waals surface area (Å²) in [6.07, 6.45) is 0. The standard InChI is InChI=1S/C11H10ClN3O2/c1-6(16)13-11-9-4-3-8(12)5-10(9)15(14-11)7(2)17/h3-5H,1-2H3,(H,13,14,16). The van der Waals surface area contributed by atoms with E-state index in [0.717, 1.165) is 0 Å². The highest BCUT2D eigenvalue weighted by atomic mass is 35.5. The number of nitrogens with one attached hydrogen (secondary N) is 1. The molecule has 1 heterocycles. The molecule has 0 saturated heterocycles. The van der Waals surface area contributed by atoms with Crippen molar-refractivity contribution in [2.75, 3.05) is 5.32 Å². The van der Waals surface area contributed by atoms with E-state index < -0.39 is 0 Å². The molecule has 0 aliphatic heterocycles. The van der Waals surface area contributed by atoms with E-state index in [4.69, 9.17) is 11.6 Å². The summed E-state index contributed by atoms with van der Waals surface area (Å²) in [6.45, 7) is 2.78. The maximum Gasteiger partial charge on any atom is 0.244 e. The van der Waals surface area contributed by atoms with E-state index in [-0.39, 0.29) is 11.8 Å². The lowest BCUT2D eigenvalue weighted by Gasteiger charge is -1.96. The van der Waals surface area contributed by atoms with Gasteiger partial charge in [-0.3, -0.25) is 9.59 Å². The van der Waals surface area contributed by atoms with Gasteiger partial charge in [-0.15, -0.1) is 5.10 Å². The van der Waals surface area contributed by atoms with Gasteiger partial charge < -0.3 is 5.32 Å². The van der Waals surface area contributed by atoms with E-state index in [1.165, 1.54) is 18.5 Å². The normalized spacial score (nSPS) is 10.5. The Morgan fingerprint density at radius 1 is 1.35 bits per heavy atom. The minimum absolute atomic E-state index is 0.241. The summed E-state index contributed by atoms with van der Waals surface area (Å²) in [6, 6.07) is 5.04. The van der Waals surface area contributed by atoms with Crippen LogP contribution < -0.4 is 5.32 Å². The van der Waals surface area contributed by atoms with Crippen molar-refractivity contribution in [3.63, 3.8) is 0 Å². The second-order valence-corrected chi connectivity index (χ2v) is 4.06. The zero-order chi connectivity index (χ0) is 12.6. The summed E-state index contributed by atoms with van der Waals surface area (Å²) < 4.78 is 1.21. The number of carbonyl (C=O) groups excluding carboxylic acids is 2. The molecule has 0 radical (unpaired) electrons. The number of hydrogen-bond acceptors (Lipinski definition) is 3. The summed E-state index contributed by atoms with van der Waals surface area (Å²) in [7, 11) is 0. The predicted molar refractivity (Wildman–Crippen MR) is 65.3 cm³/mol. The highest BCUT2D eigenvalue weighted by Crippen LogP contribution is 2.25. The molecule has 0 atom stereocenters. The Morgan fingerprint density at radius 3 is 2.65 bits per heavy atom. The summed E-state index contributed by atoms with van der Waals surface area (Å²) in [5, 5.41) is 7.81. The first-order valence-corrected chi connectivity index (χ1v) is 5.33. The van der Waals surface area contributed by atoms with Crippen LogP contribution in [0.3, 0.4) is 0 Å². The second kappa shape index (κ2) is 4.18. The fourth-order valence-electron chi connectivity index (χ4n) is 1.59. The molecule has 1 N–H and O–H groups in total. The van der Waals surface area contributed by atoms with Crippen LogP contribution in [0.2, 0.25) is 5.02 Å². The second-order valence-electron chi connectivity index (χ2n) is 3.62. The van der Waals surface area contributed by atoms with Crippen molar-refractivity contribution >= 4 is 40.1 Å². The van der Waals surface area contributed by atoms with Crippen LogP contribution in [0.15, 0.2) is 18.2 Å². The van der Waals surface area contributed by atoms with Gasteiger partial charge in [-0.05, 0) is 18.2 Å². The van der Waals surface area contributed by atoms with Gasteiger partial charge in [-0.2, -0.15) is 4.68 Å². The minimum Gasteiger partial charge on any atom is -0.309 e. The Balaban J connectivity index is 2.70. The summed E-state index contributed by atoms with van der Waals surface area (Å²) in [5.41, 5.74) is 0.578. The number of anilines is 1. The molecule has 6 heteroatoms. The van der Waals surface area contributed by atoms with Gasteiger partial charge in [0, 0.05) is 24.3 Å². The SMILES string of the molecule is CC(=O)Nc1nn(C(C)=O)c2cc(Cl)ccc12. The first kappa shape index (κ1) is 11.6. The van der Waals surface area contributed by atoms with Crippen molar-refractivity contribution in [3.8, 4) is 0 Å². The fraction of sp³-hybridized carbons (Fsp3) is 0.182. The van der Waals surface area contributed by atoms with Crippen molar-refractivity contribution in [2.24, 2.45) is 0 Å². The molecule has 17 heavy (non-hydrogen) atoms. The molecular formula is C11H10ClN3O2. The van der Waals surface area contributed by atoms with E-state index in [1.54, 1.807) is 18.2 Å². The van der Waals surface area contributed by atoms with Crippen molar-refractivity contribution in [3.05, 3.63) is 23.2 Å². The molecule has 88 valence electrons. The topological polar surface area (TPSA) is 64.0 Å². The molecule has 0 spiro atoms. The number of benzene rings is 1. The van der Waals surface area contributed by atoms with Crippen LogP contribution in [0.1, 0.15) is 18.6 Å². The van der Waals surface area contributed by atoms with Crippen molar-refractivity contribution in [1.82, 2.24) is 9.78 Å². The van der Waals surface area contributed by atoms with Gasteiger partial charge in [0.2, 0.25) is 11.8 Å². The number of nitrogens with zero attached hydrogens (tertiary/aromatic N) is 2. The number of fused-ring (bicyclic) bond motifs is 1. The van der Waals surface area contributed by atoms with Crippen molar-refractivity contribution < 1.29 is 9.59 Å². The van der Waals surface area contributed by atoms with E-state index in [1.807, 2.05) is 0 Å². The van der Waals surface area contributed by atoms with Gasteiger partial charge in [0.25, 0.3) is 0 Å². The van der Waals surface area contributed by atoms with Gasteiger partial charge in [-0.1, -0.05) is 11.6 Å². The molecule has 1 aromatic carbocycles. The van der Waals surface area contributed by atoms with E-state index >= 15 is 0 Å².